The van der Waals surface area contributed by atoms with Gasteiger partial charge < -0.3 is 15.2 Å². The van der Waals surface area contributed by atoms with Crippen molar-refractivity contribution >= 4 is 17.3 Å². The maximum Gasteiger partial charge on any atom is 0.319 e. The number of methoxy groups -OCH3 is 1. The molecule has 4 nitrogen and oxygen atoms in total. The number of thiophene rings is 1. The second-order valence-corrected chi connectivity index (χ2v) is 4.05. The minimum atomic E-state index is -0.449. The summed E-state index contributed by atoms with van der Waals surface area (Å²) < 4.78 is 4.47. The summed E-state index contributed by atoms with van der Waals surface area (Å²) in [7, 11) is 1.35. The van der Waals surface area contributed by atoms with Crippen molar-refractivity contribution in [3.8, 4) is 0 Å². The molecule has 2 N–H and O–H groups in total. The first kappa shape index (κ1) is 12.2. The lowest BCUT2D eigenvalue weighted by molar-refractivity contribution is -0.139. The summed E-state index contributed by atoms with van der Waals surface area (Å²) in [5.74, 6) is -0.291. The van der Waals surface area contributed by atoms with E-state index in [1.54, 1.807) is 0 Å². The highest BCUT2D eigenvalue weighted by Gasteiger charge is 2.07. The van der Waals surface area contributed by atoms with Gasteiger partial charge in [-0.1, -0.05) is 6.07 Å². The zero-order valence-corrected chi connectivity index (χ0v) is 9.42. The van der Waals surface area contributed by atoms with E-state index < -0.39 is 6.10 Å². The molecule has 1 heterocycles. The Bertz CT molecular complexity index is 287. The Balaban J connectivity index is 2.13. The average molecular weight is 229 g/mol. The zero-order valence-electron chi connectivity index (χ0n) is 8.60. The average Bonchev–Trinajstić information content (AvgIpc) is 2.77. The van der Waals surface area contributed by atoms with Gasteiger partial charge in [0.1, 0.15) is 0 Å². The Labute approximate surface area is 92.9 Å². The first-order valence-electron chi connectivity index (χ1n) is 4.73. The summed E-state index contributed by atoms with van der Waals surface area (Å²) in [5.41, 5.74) is 0. The second-order valence-electron chi connectivity index (χ2n) is 3.07. The van der Waals surface area contributed by atoms with E-state index in [0.717, 1.165) is 4.88 Å². The Kier molecular flexibility index (Phi) is 5.31. The first-order valence-corrected chi connectivity index (χ1v) is 5.61. The van der Waals surface area contributed by atoms with Gasteiger partial charge in [-0.05, 0) is 24.4 Å². The quantitative estimate of drug-likeness (QED) is 0.563. The molecule has 5 heteroatoms. The molecule has 0 bridgehead atoms. The maximum atomic E-state index is 10.7. The molecule has 0 amide bonds. The summed E-state index contributed by atoms with van der Waals surface area (Å²) in [6.45, 7) is 0.780. The molecule has 0 aromatic carbocycles. The van der Waals surface area contributed by atoms with E-state index in [2.05, 4.69) is 10.1 Å². The fourth-order valence-corrected chi connectivity index (χ4v) is 1.87. The van der Waals surface area contributed by atoms with E-state index >= 15 is 0 Å². The third-order valence-electron chi connectivity index (χ3n) is 1.96. The van der Waals surface area contributed by atoms with Crippen molar-refractivity contribution in [2.24, 2.45) is 0 Å². The van der Waals surface area contributed by atoms with Crippen LogP contribution in [0.5, 0.6) is 0 Å². The van der Waals surface area contributed by atoms with E-state index in [4.69, 9.17) is 0 Å². The SMILES string of the molecule is COC(=O)CNCCC(O)c1cccs1. The Morgan fingerprint density at radius 3 is 3.13 bits per heavy atom. The molecule has 1 rings (SSSR count). The molecule has 0 fully saturated rings. The predicted molar refractivity (Wildman–Crippen MR) is 58.8 cm³/mol. The number of carbonyl (C=O) groups excluding carboxylic acids is 1. The highest BCUT2D eigenvalue weighted by molar-refractivity contribution is 7.10. The minimum absolute atomic E-state index is 0.188. The molecule has 0 radical (unpaired) electrons. The van der Waals surface area contributed by atoms with Crippen LogP contribution in [-0.2, 0) is 9.53 Å². The summed E-state index contributed by atoms with van der Waals surface area (Å²) in [6.07, 6.45) is 0.146. The van der Waals surface area contributed by atoms with Crippen molar-refractivity contribution in [2.45, 2.75) is 12.5 Å². The maximum absolute atomic E-state index is 10.7. The molecular formula is C10H15NO3S. The smallest absolute Gasteiger partial charge is 0.319 e. The van der Waals surface area contributed by atoms with E-state index in [1.807, 2.05) is 17.5 Å². The normalized spacial score (nSPS) is 12.4. The molecule has 0 aliphatic rings. The molecule has 0 saturated heterocycles. The number of aliphatic hydroxyl groups excluding tert-OH is 1. The van der Waals surface area contributed by atoms with Crippen LogP contribution < -0.4 is 5.32 Å². The van der Waals surface area contributed by atoms with Crippen molar-refractivity contribution in [1.29, 1.82) is 0 Å². The van der Waals surface area contributed by atoms with E-state index in [1.165, 1.54) is 18.4 Å². The Morgan fingerprint density at radius 2 is 2.53 bits per heavy atom. The summed E-state index contributed by atoms with van der Waals surface area (Å²) in [4.78, 5) is 11.7. The van der Waals surface area contributed by atoms with Gasteiger partial charge in [-0.3, -0.25) is 4.79 Å². The first-order chi connectivity index (χ1) is 7.24. The number of rotatable bonds is 6. The van der Waals surface area contributed by atoms with Crippen LogP contribution in [-0.4, -0.2) is 31.3 Å². The van der Waals surface area contributed by atoms with E-state index in [-0.39, 0.29) is 12.5 Å². The van der Waals surface area contributed by atoms with Gasteiger partial charge >= 0.3 is 5.97 Å². The molecule has 15 heavy (non-hydrogen) atoms. The summed E-state index contributed by atoms with van der Waals surface area (Å²) in [6, 6.07) is 3.81. The van der Waals surface area contributed by atoms with Crippen LogP contribution in [0.2, 0.25) is 0 Å². The van der Waals surface area contributed by atoms with Crippen LogP contribution in [0.3, 0.4) is 0 Å². The highest BCUT2D eigenvalue weighted by Crippen LogP contribution is 2.20. The lowest BCUT2D eigenvalue weighted by atomic mass is 10.2. The third-order valence-corrected chi connectivity index (χ3v) is 2.94. The highest BCUT2D eigenvalue weighted by atomic mass is 32.1. The van der Waals surface area contributed by atoms with Crippen molar-refractivity contribution < 1.29 is 14.6 Å². The van der Waals surface area contributed by atoms with Crippen LogP contribution in [0, 0.1) is 0 Å². The fourth-order valence-electron chi connectivity index (χ4n) is 1.12. The van der Waals surface area contributed by atoms with E-state index in [9.17, 15) is 9.90 Å². The van der Waals surface area contributed by atoms with Crippen molar-refractivity contribution in [2.75, 3.05) is 20.2 Å². The van der Waals surface area contributed by atoms with Crippen LogP contribution in [0.1, 0.15) is 17.4 Å². The van der Waals surface area contributed by atoms with Crippen LogP contribution in [0.25, 0.3) is 0 Å². The zero-order chi connectivity index (χ0) is 11.1. The number of hydrogen-bond acceptors (Lipinski definition) is 5. The van der Waals surface area contributed by atoms with Crippen LogP contribution >= 0.6 is 11.3 Å². The van der Waals surface area contributed by atoms with Crippen molar-refractivity contribution in [3.63, 3.8) is 0 Å². The lowest BCUT2D eigenvalue weighted by Crippen LogP contribution is -2.25. The van der Waals surface area contributed by atoms with Crippen LogP contribution in [0.15, 0.2) is 17.5 Å². The van der Waals surface area contributed by atoms with Crippen molar-refractivity contribution in [1.82, 2.24) is 5.32 Å². The second kappa shape index (κ2) is 6.55. The van der Waals surface area contributed by atoms with Gasteiger partial charge in [0.2, 0.25) is 0 Å². The van der Waals surface area contributed by atoms with Crippen molar-refractivity contribution in [3.05, 3.63) is 22.4 Å². The molecule has 0 aliphatic carbocycles. The molecule has 84 valence electrons. The van der Waals surface area contributed by atoms with Gasteiger partial charge in [-0.15, -0.1) is 11.3 Å². The van der Waals surface area contributed by atoms with Crippen LogP contribution in [0.4, 0.5) is 0 Å². The molecule has 0 spiro atoms. The Morgan fingerprint density at radius 1 is 1.73 bits per heavy atom. The topological polar surface area (TPSA) is 58.6 Å². The fraction of sp³-hybridized carbons (Fsp3) is 0.500. The van der Waals surface area contributed by atoms with E-state index in [0.29, 0.717) is 13.0 Å². The molecule has 1 atom stereocenters. The summed E-state index contributed by atoms with van der Waals surface area (Å²) in [5, 5.41) is 14.5. The largest absolute Gasteiger partial charge is 0.468 e. The van der Waals surface area contributed by atoms with Gasteiger partial charge in [0.25, 0.3) is 0 Å². The molecule has 1 aromatic rings. The third kappa shape index (κ3) is 4.42. The molecule has 0 saturated carbocycles. The molecule has 0 aliphatic heterocycles. The number of carbonyl (C=O) groups is 1. The standard InChI is InChI=1S/C10H15NO3S/c1-14-10(13)7-11-5-4-8(12)9-3-2-6-15-9/h2-3,6,8,11-12H,4-5,7H2,1H3. The lowest BCUT2D eigenvalue weighted by Gasteiger charge is -2.08. The monoisotopic (exact) mass is 229 g/mol. The predicted octanol–water partition coefficient (Wildman–Crippen LogP) is 0.934. The van der Waals surface area contributed by atoms with Gasteiger partial charge in [0.05, 0.1) is 19.8 Å². The minimum Gasteiger partial charge on any atom is -0.468 e. The Hall–Kier alpha value is -0.910. The number of ether oxygens (including phenoxy) is 1. The number of aliphatic hydroxyl groups is 1. The van der Waals surface area contributed by atoms with Gasteiger partial charge in [0, 0.05) is 4.88 Å². The molecule has 1 unspecified atom stereocenters. The molecule has 1 aromatic heterocycles. The van der Waals surface area contributed by atoms with Gasteiger partial charge in [0.15, 0.2) is 0 Å². The molecular weight excluding hydrogens is 214 g/mol. The van der Waals surface area contributed by atoms with Gasteiger partial charge in [-0.2, -0.15) is 0 Å². The van der Waals surface area contributed by atoms with Gasteiger partial charge in [-0.25, -0.2) is 0 Å². The number of esters is 1. The summed E-state index contributed by atoms with van der Waals surface area (Å²) >= 11 is 1.53. The number of nitrogens with one attached hydrogen (secondary N) is 1. The number of hydrogen-bond donors (Lipinski definition) is 2.